The summed E-state index contributed by atoms with van der Waals surface area (Å²) in [5, 5.41) is 3.05. The maximum Gasteiger partial charge on any atom is 0.256 e. The van der Waals surface area contributed by atoms with Crippen molar-refractivity contribution in [2.24, 2.45) is 0 Å². The highest BCUT2D eigenvalue weighted by atomic mass is 16.2. The van der Waals surface area contributed by atoms with Gasteiger partial charge in [-0.2, -0.15) is 0 Å². The number of rotatable bonds is 6. The Labute approximate surface area is 135 Å². The Kier molecular flexibility index (Phi) is 4.79. The van der Waals surface area contributed by atoms with Crippen LogP contribution in [0.2, 0.25) is 0 Å². The molecule has 124 valence electrons. The molecule has 4 amide bonds. The molecule has 0 aromatic carbocycles. The van der Waals surface area contributed by atoms with E-state index < -0.39 is 0 Å². The summed E-state index contributed by atoms with van der Waals surface area (Å²) >= 11 is 0. The second kappa shape index (κ2) is 6.45. The lowest BCUT2D eigenvalue weighted by atomic mass is 10.2. The van der Waals surface area contributed by atoms with Crippen molar-refractivity contribution in [3.63, 3.8) is 0 Å². The molecule has 2 aliphatic heterocycles. The molecule has 2 rings (SSSR count). The minimum atomic E-state index is -0.255. The molecule has 0 fully saturated rings. The summed E-state index contributed by atoms with van der Waals surface area (Å²) in [5.74, 6) is -1.02. The topological polar surface area (TPSA) is 86.8 Å². The van der Waals surface area contributed by atoms with Crippen molar-refractivity contribution in [2.45, 2.75) is 27.7 Å². The van der Waals surface area contributed by atoms with Gasteiger partial charge < -0.3 is 5.32 Å². The van der Waals surface area contributed by atoms with Gasteiger partial charge in [-0.3, -0.25) is 29.0 Å². The monoisotopic (exact) mass is 319 g/mol. The number of carbonyl (C=O) groups excluding carboxylic acids is 4. The Morgan fingerprint density at radius 3 is 1.13 bits per heavy atom. The van der Waals surface area contributed by atoms with Crippen LogP contribution in [0.25, 0.3) is 0 Å². The molecule has 0 saturated heterocycles. The van der Waals surface area contributed by atoms with Crippen LogP contribution in [-0.2, 0) is 19.2 Å². The van der Waals surface area contributed by atoms with E-state index in [0.717, 1.165) is 0 Å². The van der Waals surface area contributed by atoms with E-state index in [0.29, 0.717) is 35.4 Å². The Morgan fingerprint density at radius 2 is 0.870 bits per heavy atom. The molecule has 0 aliphatic carbocycles. The molecule has 0 bridgehead atoms. The fourth-order valence-corrected chi connectivity index (χ4v) is 2.55. The highest BCUT2D eigenvalue weighted by molar-refractivity contribution is 6.19. The van der Waals surface area contributed by atoms with Crippen LogP contribution in [0.1, 0.15) is 27.7 Å². The largest absolute Gasteiger partial charge is 0.313 e. The van der Waals surface area contributed by atoms with E-state index in [1.165, 1.54) is 9.80 Å². The van der Waals surface area contributed by atoms with Crippen LogP contribution in [0.3, 0.4) is 0 Å². The van der Waals surface area contributed by atoms with Crippen LogP contribution >= 0.6 is 0 Å². The molecule has 0 spiro atoms. The molecule has 2 heterocycles. The third-order valence-corrected chi connectivity index (χ3v) is 4.41. The molecule has 7 heteroatoms. The number of imide groups is 2. The lowest BCUT2D eigenvalue weighted by Gasteiger charge is -2.17. The van der Waals surface area contributed by atoms with E-state index in [2.05, 4.69) is 5.32 Å². The molecule has 7 nitrogen and oxygen atoms in total. The minimum absolute atomic E-state index is 0.255. The molecule has 0 atom stereocenters. The zero-order chi connectivity index (χ0) is 17.3. The molecule has 2 aliphatic rings. The van der Waals surface area contributed by atoms with Gasteiger partial charge in [0.2, 0.25) is 0 Å². The van der Waals surface area contributed by atoms with Gasteiger partial charge in [-0.05, 0) is 27.7 Å². The predicted molar refractivity (Wildman–Crippen MR) is 83.1 cm³/mol. The summed E-state index contributed by atoms with van der Waals surface area (Å²) in [5.41, 5.74) is 1.95. The van der Waals surface area contributed by atoms with E-state index in [9.17, 15) is 19.2 Å². The maximum absolute atomic E-state index is 11.9. The van der Waals surface area contributed by atoms with E-state index >= 15 is 0 Å². The Bertz CT molecular complexity index is 556. The van der Waals surface area contributed by atoms with E-state index in [1.807, 2.05) is 0 Å². The van der Waals surface area contributed by atoms with Crippen LogP contribution < -0.4 is 5.32 Å². The zero-order valence-corrected chi connectivity index (χ0v) is 13.9. The Morgan fingerprint density at radius 1 is 0.609 bits per heavy atom. The summed E-state index contributed by atoms with van der Waals surface area (Å²) in [6.45, 7) is 7.95. The van der Waals surface area contributed by atoms with Gasteiger partial charge in [0.05, 0.1) is 0 Å². The number of hydrogen-bond acceptors (Lipinski definition) is 5. The van der Waals surface area contributed by atoms with E-state index in [4.69, 9.17) is 0 Å². The first-order valence-corrected chi connectivity index (χ1v) is 7.55. The second-order valence-electron chi connectivity index (χ2n) is 5.77. The first-order valence-electron chi connectivity index (χ1n) is 7.55. The van der Waals surface area contributed by atoms with Crippen molar-refractivity contribution in [2.75, 3.05) is 26.2 Å². The lowest BCUT2D eigenvalue weighted by Crippen LogP contribution is -2.41. The first-order chi connectivity index (χ1) is 10.8. The number of nitrogens with one attached hydrogen (secondary N) is 1. The number of hydrogen-bond donors (Lipinski definition) is 1. The fraction of sp³-hybridized carbons (Fsp3) is 0.500. The zero-order valence-electron chi connectivity index (χ0n) is 13.9. The highest BCUT2D eigenvalue weighted by Gasteiger charge is 2.33. The summed E-state index contributed by atoms with van der Waals surface area (Å²) in [4.78, 5) is 49.9. The molecular formula is C16H21N3O4. The maximum atomic E-state index is 11.9. The van der Waals surface area contributed by atoms with Gasteiger partial charge in [-0.25, -0.2) is 0 Å². The molecule has 0 aromatic rings. The third-order valence-electron chi connectivity index (χ3n) is 4.41. The molecule has 0 unspecified atom stereocenters. The van der Waals surface area contributed by atoms with Crippen molar-refractivity contribution < 1.29 is 19.2 Å². The molecule has 0 saturated carbocycles. The normalized spacial score (nSPS) is 19.1. The van der Waals surface area contributed by atoms with Crippen molar-refractivity contribution in [1.29, 1.82) is 0 Å². The molecule has 1 N–H and O–H groups in total. The smallest absolute Gasteiger partial charge is 0.256 e. The van der Waals surface area contributed by atoms with Crippen molar-refractivity contribution in [1.82, 2.24) is 15.1 Å². The fourth-order valence-electron chi connectivity index (χ4n) is 2.55. The predicted octanol–water partition coefficient (Wildman–Crippen LogP) is -0.0136. The Balaban J connectivity index is 1.74. The van der Waals surface area contributed by atoms with E-state index in [-0.39, 0.29) is 36.7 Å². The summed E-state index contributed by atoms with van der Waals surface area (Å²) < 4.78 is 0. The molecule has 0 radical (unpaired) electrons. The van der Waals surface area contributed by atoms with Crippen molar-refractivity contribution >= 4 is 23.6 Å². The quantitative estimate of drug-likeness (QED) is 0.549. The molecular weight excluding hydrogens is 298 g/mol. The number of amides is 4. The number of carbonyl (C=O) groups is 4. The summed E-state index contributed by atoms with van der Waals surface area (Å²) in [6, 6.07) is 0. The summed E-state index contributed by atoms with van der Waals surface area (Å²) in [7, 11) is 0. The van der Waals surface area contributed by atoms with Crippen LogP contribution in [0.15, 0.2) is 22.3 Å². The van der Waals surface area contributed by atoms with Gasteiger partial charge in [0, 0.05) is 48.5 Å². The average Bonchev–Trinajstić information content (AvgIpc) is 2.83. The van der Waals surface area contributed by atoms with Crippen molar-refractivity contribution in [3.8, 4) is 0 Å². The number of nitrogens with zero attached hydrogens (tertiary/aromatic N) is 2. The molecule has 0 aromatic heterocycles. The van der Waals surface area contributed by atoms with Crippen LogP contribution in [-0.4, -0.2) is 59.6 Å². The van der Waals surface area contributed by atoms with Crippen LogP contribution in [0.5, 0.6) is 0 Å². The average molecular weight is 319 g/mol. The van der Waals surface area contributed by atoms with Gasteiger partial charge in [-0.1, -0.05) is 0 Å². The third kappa shape index (κ3) is 2.96. The van der Waals surface area contributed by atoms with Crippen LogP contribution in [0.4, 0.5) is 0 Å². The van der Waals surface area contributed by atoms with Gasteiger partial charge in [0.25, 0.3) is 23.6 Å². The minimum Gasteiger partial charge on any atom is -0.313 e. The van der Waals surface area contributed by atoms with Gasteiger partial charge in [0.1, 0.15) is 0 Å². The van der Waals surface area contributed by atoms with Crippen molar-refractivity contribution in [3.05, 3.63) is 22.3 Å². The first kappa shape index (κ1) is 17.1. The Hall–Kier alpha value is -2.28. The molecule has 23 heavy (non-hydrogen) atoms. The highest BCUT2D eigenvalue weighted by Crippen LogP contribution is 2.19. The van der Waals surface area contributed by atoms with Gasteiger partial charge in [-0.15, -0.1) is 0 Å². The van der Waals surface area contributed by atoms with Gasteiger partial charge >= 0.3 is 0 Å². The van der Waals surface area contributed by atoms with Gasteiger partial charge in [0.15, 0.2) is 0 Å². The van der Waals surface area contributed by atoms with E-state index in [1.54, 1.807) is 27.7 Å². The standard InChI is InChI=1S/C16H21N3O4/c1-9-10(2)14(21)18(13(9)20)7-5-17-6-8-19-15(22)11(3)12(4)16(19)23/h17H,5-8H2,1-4H3. The lowest BCUT2D eigenvalue weighted by molar-refractivity contribution is -0.138. The SMILES string of the molecule is CC1=C(C)C(=O)N(CCNCCN2C(=O)C(C)=C(C)C2=O)C1=O. The second-order valence-corrected chi connectivity index (χ2v) is 5.77. The summed E-state index contributed by atoms with van der Waals surface area (Å²) in [6.07, 6.45) is 0. The van der Waals surface area contributed by atoms with Crippen LogP contribution in [0, 0.1) is 0 Å².